The van der Waals surface area contributed by atoms with Crippen LogP contribution in [0.5, 0.6) is 5.75 Å². The number of anilines is 2. The first-order chi connectivity index (χ1) is 12.2. The molecule has 9 heteroatoms. The molecule has 0 aliphatic heterocycles. The maximum Gasteiger partial charge on any atom is 0.230 e. The zero-order chi connectivity index (χ0) is 17.5. The zero-order valence-electron chi connectivity index (χ0n) is 13.4. The highest BCUT2D eigenvalue weighted by Crippen LogP contribution is 2.28. The molecule has 0 aliphatic carbocycles. The minimum absolute atomic E-state index is 0.0177. The molecule has 0 aliphatic rings. The number of aromatic nitrogens is 2. The van der Waals surface area contributed by atoms with Gasteiger partial charge in [0.25, 0.3) is 0 Å². The smallest absolute Gasteiger partial charge is 0.230 e. The predicted octanol–water partition coefficient (Wildman–Crippen LogP) is 3.76. The van der Waals surface area contributed by atoms with Gasteiger partial charge in [0, 0.05) is 16.6 Å². The predicted molar refractivity (Wildman–Crippen MR) is 103 cm³/mol. The van der Waals surface area contributed by atoms with E-state index in [0.717, 1.165) is 20.7 Å². The number of ether oxygens (including phenoxy) is 1. The Hall–Kier alpha value is -2.10. The molecule has 0 radical (unpaired) electrons. The van der Waals surface area contributed by atoms with Crippen LogP contribution >= 0.6 is 34.4 Å². The summed E-state index contributed by atoms with van der Waals surface area (Å²) in [6.07, 6.45) is 0. The average molecular weight is 393 g/mol. The summed E-state index contributed by atoms with van der Waals surface area (Å²) in [4.78, 5) is 13.0. The Labute approximate surface area is 157 Å². The van der Waals surface area contributed by atoms with Crippen LogP contribution < -0.4 is 15.4 Å². The molecule has 0 spiro atoms. The van der Waals surface area contributed by atoms with Gasteiger partial charge in [-0.15, -0.1) is 21.5 Å². The van der Waals surface area contributed by atoms with E-state index in [-0.39, 0.29) is 5.91 Å². The molecule has 2 aromatic heterocycles. The van der Waals surface area contributed by atoms with Gasteiger partial charge in [0.05, 0.1) is 19.4 Å². The molecule has 0 atom stereocenters. The number of hydrogen-bond acceptors (Lipinski definition) is 8. The number of benzene rings is 1. The fourth-order valence-corrected chi connectivity index (χ4v) is 4.17. The molecular weight excluding hydrogens is 376 g/mol. The highest BCUT2D eigenvalue weighted by Gasteiger charge is 2.09. The van der Waals surface area contributed by atoms with Crippen LogP contribution in [0.2, 0.25) is 0 Å². The second-order valence-corrected chi connectivity index (χ2v) is 8.11. The summed E-state index contributed by atoms with van der Waals surface area (Å²) in [5.74, 6) is 1.07. The highest BCUT2D eigenvalue weighted by molar-refractivity contribution is 8.01. The Morgan fingerprint density at radius 1 is 1.28 bits per heavy atom. The average Bonchev–Trinajstić information content (AvgIpc) is 3.30. The fourth-order valence-electron chi connectivity index (χ4n) is 1.92. The zero-order valence-corrected chi connectivity index (χ0v) is 15.8. The molecule has 0 saturated carbocycles. The quantitative estimate of drug-likeness (QED) is 0.569. The van der Waals surface area contributed by atoms with Gasteiger partial charge in [-0.05, 0) is 23.6 Å². The summed E-state index contributed by atoms with van der Waals surface area (Å²) in [5, 5.41) is 16.9. The van der Waals surface area contributed by atoms with Crippen LogP contribution in [-0.2, 0) is 11.3 Å². The van der Waals surface area contributed by atoms with Crippen molar-refractivity contribution in [3.8, 4) is 5.75 Å². The normalized spacial score (nSPS) is 10.4. The monoisotopic (exact) mass is 392 g/mol. The van der Waals surface area contributed by atoms with Crippen molar-refractivity contribution in [1.82, 2.24) is 15.5 Å². The summed E-state index contributed by atoms with van der Waals surface area (Å²) < 4.78 is 5.94. The summed E-state index contributed by atoms with van der Waals surface area (Å²) in [6.45, 7) is 0.565. The molecule has 130 valence electrons. The number of methoxy groups -OCH3 is 1. The van der Waals surface area contributed by atoms with E-state index in [1.54, 1.807) is 18.4 Å². The summed E-state index contributed by atoms with van der Waals surface area (Å²) in [6, 6.07) is 11.6. The van der Waals surface area contributed by atoms with E-state index in [0.29, 0.717) is 17.4 Å². The van der Waals surface area contributed by atoms with Crippen molar-refractivity contribution in [3.63, 3.8) is 0 Å². The Morgan fingerprint density at radius 3 is 3.00 bits per heavy atom. The van der Waals surface area contributed by atoms with Crippen molar-refractivity contribution in [2.45, 2.75) is 10.9 Å². The van der Waals surface area contributed by atoms with Crippen molar-refractivity contribution in [2.75, 3.05) is 18.2 Å². The molecule has 0 unspecified atom stereocenters. The third-order valence-electron chi connectivity index (χ3n) is 3.09. The van der Waals surface area contributed by atoms with E-state index in [1.165, 1.54) is 23.1 Å². The Kier molecular flexibility index (Phi) is 6.26. The molecule has 3 aromatic rings. The Bertz CT molecular complexity index is 820. The number of carbonyl (C=O) groups is 1. The second-order valence-electron chi connectivity index (χ2n) is 4.87. The van der Waals surface area contributed by atoms with Gasteiger partial charge < -0.3 is 15.4 Å². The largest absolute Gasteiger partial charge is 0.497 e. The topological polar surface area (TPSA) is 76.1 Å². The molecule has 6 nitrogen and oxygen atoms in total. The van der Waals surface area contributed by atoms with Crippen LogP contribution in [0.25, 0.3) is 0 Å². The van der Waals surface area contributed by atoms with Crippen LogP contribution in [-0.4, -0.2) is 29.0 Å². The maximum absolute atomic E-state index is 11.9. The van der Waals surface area contributed by atoms with E-state index >= 15 is 0 Å². The van der Waals surface area contributed by atoms with E-state index in [2.05, 4.69) is 20.8 Å². The van der Waals surface area contributed by atoms with Crippen molar-refractivity contribution >= 4 is 51.2 Å². The SMILES string of the molecule is COc1cccc(Nc2nnc(SCC(=O)NCc3cccs3)s2)c1. The van der Waals surface area contributed by atoms with Gasteiger partial charge in [-0.3, -0.25) is 4.79 Å². The number of rotatable bonds is 8. The first-order valence-electron chi connectivity index (χ1n) is 7.39. The number of nitrogens with zero attached hydrogens (tertiary/aromatic N) is 2. The number of thioether (sulfide) groups is 1. The van der Waals surface area contributed by atoms with E-state index in [4.69, 9.17) is 4.74 Å². The van der Waals surface area contributed by atoms with Crippen LogP contribution in [0, 0.1) is 0 Å². The van der Waals surface area contributed by atoms with Crippen molar-refractivity contribution < 1.29 is 9.53 Å². The molecule has 0 saturated heterocycles. The number of amides is 1. The number of nitrogens with one attached hydrogen (secondary N) is 2. The van der Waals surface area contributed by atoms with Crippen molar-refractivity contribution in [3.05, 3.63) is 46.7 Å². The van der Waals surface area contributed by atoms with Crippen molar-refractivity contribution in [2.24, 2.45) is 0 Å². The van der Waals surface area contributed by atoms with Crippen LogP contribution in [0.1, 0.15) is 4.88 Å². The molecule has 25 heavy (non-hydrogen) atoms. The molecule has 0 bridgehead atoms. The third kappa shape index (κ3) is 5.45. The standard InChI is InChI=1S/C16H16N4O2S3/c1-22-12-5-2-4-11(8-12)18-15-19-20-16(25-15)24-10-14(21)17-9-13-6-3-7-23-13/h2-8H,9-10H2,1H3,(H,17,21)(H,18,19). The molecule has 2 N–H and O–H groups in total. The molecule has 2 heterocycles. The van der Waals surface area contributed by atoms with E-state index in [9.17, 15) is 4.79 Å². The first kappa shape index (κ1) is 17.7. The van der Waals surface area contributed by atoms with Gasteiger partial charge in [0.15, 0.2) is 4.34 Å². The molecule has 1 aromatic carbocycles. The lowest BCUT2D eigenvalue weighted by atomic mass is 10.3. The molecule has 3 rings (SSSR count). The fraction of sp³-hybridized carbons (Fsp3) is 0.188. The van der Waals surface area contributed by atoms with E-state index in [1.807, 2.05) is 41.8 Å². The molecular formula is C16H16N4O2S3. The van der Waals surface area contributed by atoms with Gasteiger partial charge in [0.1, 0.15) is 5.75 Å². The summed E-state index contributed by atoms with van der Waals surface area (Å²) in [5.41, 5.74) is 0.876. The third-order valence-corrected chi connectivity index (χ3v) is 5.94. The number of thiophene rings is 1. The lowest BCUT2D eigenvalue weighted by Crippen LogP contribution is -2.24. The second kappa shape index (κ2) is 8.84. The van der Waals surface area contributed by atoms with Crippen LogP contribution in [0.3, 0.4) is 0 Å². The van der Waals surface area contributed by atoms with Crippen LogP contribution in [0.15, 0.2) is 46.1 Å². The minimum Gasteiger partial charge on any atom is -0.497 e. The minimum atomic E-state index is -0.0177. The first-order valence-corrected chi connectivity index (χ1v) is 10.1. The maximum atomic E-state index is 11.9. The number of carbonyl (C=O) groups excluding carboxylic acids is 1. The summed E-state index contributed by atoms with van der Waals surface area (Å²) in [7, 11) is 1.63. The van der Waals surface area contributed by atoms with Gasteiger partial charge in [-0.1, -0.05) is 35.2 Å². The number of hydrogen-bond donors (Lipinski definition) is 2. The highest BCUT2D eigenvalue weighted by atomic mass is 32.2. The Balaban J connectivity index is 1.47. The lowest BCUT2D eigenvalue weighted by molar-refractivity contribution is -0.118. The molecule has 1 amide bonds. The van der Waals surface area contributed by atoms with Crippen LogP contribution in [0.4, 0.5) is 10.8 Å². The van der Waals surface area contributed by atoms with Gasteiger partial charge in [-0.2, -0.15) is 0 Å². The van der Waals surface area contributed by atoms with E-state index < -0.39 is 0 Å². The van der Waals surface area contributed by atoms with Crippen molar-refractivity contribution in [1.29, 1.82) is 0 Å². The van der Waals surface area contributed by atoms with Gasteiger partial charge in [0.2, 0.25) is 11.0 Å². The van der Waals surface area contributed by atoms with Gasteiger partial charge >= 0.3 is 0 Å². The summed E-state index contributed by atoms with van der Waals surface area (Å²) >= 11 is 4.41. The van der Waals surface area contributed by atoms with Gasteiger partial charge in [-0.25, -0.2) is 0 Å². The lowest BCUT2D eigenvalue weighted by Gasteiger charge is -2.04. The Morgan fingerprint density at radius 2 is 2.20 bits per heavy atom. The molecule has 0 fully saturated rings.